The van der Waals surface area contributed by atoms with E-state index in [4.69, 9.17) is 0 Å². The van der Waals surface area contributed by atoms with Crippen LogP contribution in [-0.4, -0.2) is 10.7 Å². The van der Waals surface area contributed by atoms with E-state index in [1.165, 1.54) is 23.8 Å². The Morgan fingerprint density at radius 2 is 1.90 bits per heavy atom. The molecule has 0 aliphatic heterocycles. The predicted octanol–water partition coefficient (Wildman–Crippen LogP) is 4.05. The van der Waals surface area contributed by atoms with Crippen molar-refractivity contribution in [2.24, 2.45) is 0 Å². The number of rotatable bonds is 5. The molecular formula is C17H15NO3. The van der Waals surface area contributed by atoms with Gasteiger partial charge in [0, 0.05) is 17.7 Å². The summed E-state index contributed by atoms with van der Waals surface area (Å²) < 4.78 is 0. The highest BCUT2D eigenvalue weighted by atomic mass is 16.6. The summed E-state index contributed by atoms with van der Waals surface area (Å²) in [7, 11) is 0. The lowest BCUT2D eigenvalue weighted by atomic mass is 10.1. The molecule has 21 heavy (non-hydrogen) atoms. The molecule has 0 saturated heterocycles. The summed E-state index contributed by atoms with van der Waals surface area (Å²) in [6.07, 6.45) is 3.95. The van der Waals surface area contributed by atoms with Gasteiger partial charge in [0.25, 0.3) is 5.69 Å². The lowest BCUT2D eigenvalue weighted by Crippen LogP contribution is -1.94. The third kappa shape index (κ3) is 3.86. The molecule has 0 bridgehead atoms. The Morgan fingerprint density at radius 1 is 1.19 bits per heavy atom. The number of non-ortho nitro benzene ring substituents is 1. The molecule has 2 rings (SSSR count). The Labute approximate surface area is 122 Å². The van der Waals surface area contributed by atoms with Crippen molar-refractivity contribution < 1.29 is 9.72 Å². The third-order valence-corrected chi connectivity index (χ3v) is 3.15. The summed E-state index contributed by atoms with van der Waals surface area (Å²) in [5, 5.41) is 10.7. The Kier molecular flexibility index (Phi) is 4.61. The van der Waals surface area contributed by atoms with Gasteiger partial charge in [-0.1, -0.05) is 49.4 Å². The summed E-state index contributed by atoms with van der Waals surface area (Å²) in [6.45, 7) is 2.05. The Bertz CT molecular complexity index is 687. The molecule has 0 aliphatic rings. The minimum Gasteiger partial charge on any atom is -0.289 e. The van der Waals surface area contributed by atoms with E-state index < -0.39 is 4.92 Å². The number of nitrogens with zero attached hydrogens (tertiary/aromatic N) is 1. The van der Waals surface area contributed by atoms with Gasteiger partial charge in [-0.2, -0.15) is 0 Å². The largest absolute Gasteiger partial charge is 0.289 e. The van der Waals surface area contributed by atoms with Gasteiger partial charge >= 0.3 is 0 Å². The van der Waals surface area contributed by atoms with Gasteiger partial charge in [-0.3, -0.25) is 14.9 Å². The molecule has 2 aromatic rings. The first-order valence-electron chi connectivity index (χ1n) is 6.66. The highest BCUT2D eigenvalue weighted by molar-refractivity contribution is 6.06. The number of ketones is 1. The van der Waals surface area contributed by atoms with Gasteiger partial charge in [-0.15, -0.1) is 0 Å². The number of carbonyl (C=O) groups excluding carboxylic acids is 1. The van der Waals surface area contributed by atoms with Crippen LogP contribution in [0.5, 0.6) is 0 Å². The highest BCUT2D eigenvalue weighted by Gasteiger charge is 2.05. The summed E-state index contributed by atoms with van der Waals surface area (Å²) in [6, 6.07) is 13.6. The van der Waals surface area contributed by atoms with Crippen LogP contribution in [0.15, 0.2) is 54.6 Å². The summed E-state index contributed by atoms with van der Waals surface area (Å²) in [5.41, 5.74) is 2.42. The molecule has 4 heteroatoms. The maximum absolute atomic E-state index is 12.0. The van der Waals surface area contributed by atoms with Gasteiger partial charge in [0.1, 0.15) is 0 Å². The maximum Gasteiger partial charge on any atom is 0.270 e. The molecule has 0 N–H and O–H groups in total. The molecule has 0 heterocycles. The standard InChI is InChI=1S/C17H15NO3/c1-2-13-6-9-15(10-7-13)17(19)11-8-14-4-3-5-16(12-14)18(20)21/h3-12H,2H2,1H3/b11-8+. The van der Waals surface area contributed by atoms with Crippen molar-refractivity contribution in [3.63, 3.8) is 0 Å². The van der Waals surface area contributed by atoms with E-state index in [1.807, 2.05) is 12.1 Å². The second kappa shape index (κ2) is 6.61. The van der Waals surface area contributed by atoms with Crippen LogP contribution in [0.4, 0.5) is 5.69 Å². The van der Waals surface area contributed by atoms with Crippen LogP contribution in [0.3, 0.4) is 0 Å². The van der Waals surface area contributed by atoms with Crippen molar-refractivity contribution in [1.29, 1.82) is 0 Å². The van der Waals surface area contributed by atoms with Crippen LogP contribution in [0.1, 0.15) is 28.4 Å². The van der Waals surface area contributed by atoms with Gasteiger partial charge in [-0.25, -0.2) is 0 Å². The summed E-state index contributed by atoms with van der Waals surface area (Å²) in [4.78, 5) is 22.2. The van der Waals surface area contributed by atoms with E-state index in [0.717, 1.165) is 6.42 Å². The first-order valence-corrected chi connectivity index (χ1v) is 6.66. The molecule has 106 valence electrons. The van der Waals surface area contributed by atoms with Crippen molar-refractivity contribution in [2.75, 3.05) is 0 Å². The van der Waals surface area contributed by atoms with Crippen LogP contribution in [0.25, 0.3) is 6.08 Å². The van der Waals surface area contributed by atoms with Crippen LogP contribution in [0.2, 0.25) is 0 Å². The molecule has 0 atom stereocenters. The second-order valence-corrected chi connectivity index (χ2v) is 4.60. The second-order valence-electron chi connectivity index (χ2n) is 4.60. The lowest BCUT2D eigenvalue weighted by molar-refractivity contribution is -0.384. The van der Waals surface area contributed by atoms with E-state index in [1.54, 1.807) is 30.3 Å². The Hall–Kier alpha value is -2.75. The molecule has 4 nitrogen and oxygen atoms in total. The average Bonchev–Trinajstić information content (AvgIpc) is 2.53. The van der Waals surface area contributed by atoms with Gasteiger partial charge in [0.2, 0.25) is 0 Å². The first kappa shape index (κ1) is 14.7. The monoisotopic (exact) mass is 281 g/mol. The quantitative estimate of drug-likeness (QED) is 0.359. The zero-order valence-corrected chi connectivity index (χ0v) is 11.7. The molecule has 0 aliphatic carbocycles. The van der Waals surface area contributed by atoms with Crippen LogP contribution < -0.4 is 0 Å². The normalized spacial score (nSPS) is 10.7. The molecule has 0 spiro atoms. The van der Waals surface area contributed by atoms with Crippen molar-refractivity contribution in [1.82, 2.24) is 0 Å². The smallest absolute Gasteiger partial charge is 0.270 e. The SMILES string of the molecule is CCc1ccc(C(=O)/C=C/c2cccc([N+](=O)[O-])c2)cc1. The van der Waals surface area contributed by atoms with Gasteiger partial charge in [0.15, 0.2) is 5.78 Å². The zero-order chi connectivity index (χ0) is 15.2. The number of benzene rings is 2. The number of aryl methyl sites for hydroxylation is 1. The highest BCUT2D eigenvalue weighted by Crippen LogP contribution is 2.15. The molecule has 0 aromatic heterocycles. The van der Waals surface area contributed by atoms with Crippen LogP contribution >= 0.6 is 0 Å². The van der Waals surface area contributed by atoms with Crippen molar-refractivity contribution in [3.05, 3.63) is 81.4 Å². The molecule has 0 fully saturated rings. The first-order chi connectivity index (χ1) is 10.1. The van der Waals surface area contributed by atoms with Crippen LogP contribution in [-0.2, 0) is 6.42 Å². The predicted molar refractivity (Wildman–Crippen MR) is 82.3 cm³/mol. The van der Waals surface area contributed by atoms with E-state index in [0.29, 0.717) is 11.1 Å². The van der Waals surface area contributed by atoms with Gasteiger partial charge in [0.05, 0.1) is 4.92 Å². The number of hydrogen-bond acceptors (Lipinski definition) is 3. The fraction of sp³-hybridized carbons (Fsp3) is 0.118. The number of allylic oxidation sites excluding steroid dienone is 1. The Morgan fingerprint density at radius 3 is 2.52 bits per heavy atom. The summed E-state index contributed by atoms with van der Waals surface area (Å²) in [5.74, 6) is -0.121. The number of hydrogen-bond donors (Lipinski definition) is 0. The number of carbonyl (C=O) groups is 1. The molecule has 0 radical (unpaired) electrons. The molecule has 2 aromatic carbocycles. The van der Waals surface area contributed by atoms with E-state index in [9.17, 15) is 14.9 Å². The van der Waals surface area contributed by atoms with Crippen molar-refractivity contribution in [3.8, 4) is 0 Å². The maximum atomic E-state index is 12.0. The molecule has 0 saturated carbocycles. The zero-order valence-electron chi connectivity index (χ0n) is 11.7. The minimum absolute atomic E-state index is 0.0110. The lowest BCUT2D eigenvalue weighted by Gasteiger charge is -1.99. The molecular weight excluding hydrogens is 266 g/mol. The van der Waals surface area contributed by atoms with Crippen molar-refractivity contribution >= 4 is 17.5 Å². The minimum atomic E-state index is -0.456. The van der Waals surface area contributed by atoms with E-state index in [-0.39, 0.29) is 11.5 Å². The number of nitro groups is 1. The Balaban J connectivity index is 2.14. The fourth-order valence-electron chi connectivity index (χ4n) is 1.91. The van der Waals surface area contributed by atoms with E-state index in [2.05, 4.69) is 6.92 Å². The average molecular weight is 281 g/mol. The third-order valence-electron chi connectivity index (χ3n) is 3.15. The topological polar surface area (TPSA) is 60.2 Å². The molecule has 0 amide bonds. The molecule has 0 unspecified atom stereocenters. The number of nitro benzene ring substituents is 1. The fourth-order valence-corrected chi connectivity index (χ4v) is 1.91. The van der Waals surface area contributed by atoms with Gasteiger partial charge in [-0.05, 0) is 23.6 Å². The van der Waals surface area contributed by atoms with Crippen molar-refractivity contribution in [2.45, 2.75) is 13.3 Å². The van der Waals surface area contributed by atoms with E-state index >= 15 is 0 Å². The van der Waals surface area contributed by atoms with Crippen LogP contribution in [0, 0.1) is 10.1 Å². The van der Waals surface area contributed by atoms with Gasteiger partial charge < -0.3 is 0 Å². The summed E-state index contributed by atoms with van der Waals surface area (Å²) >= 11 is 0.